The van der Waals surface area contributed by atoms with Crippen LogP contribution >= 0.6 is 0 Å². The van der Waals surface area contributed by atoms with Crippen LogP contribution in [0.5, 0.6) is 0 Å². The Balaban J connectivity index is 1.83. The van der Waals surface area contributed by atoms with E-state index in [0.29, 0.717) is 54.8 Å². The van der Waals surface area contributed by atoms with Crippen LogP contribution in [-0.4, -0.2) is 73.1 Å². The van der Waals surface area contributed by atoms with Crippen LogP contribution in [0.4, 0.5) is 11.9 Å². The molecule has 1 fully saturated rings. The number of aromatic nitrogens is 4. The van der Waals surface area contributed by atoms with Crippen molar-refractivity contribution in [2.24, 2.45) is 0 Å². The summed E-state index contributed by atoms with van der Waals surface area (Å²) in [7, 11) is -0.571. The molecule has 4 rings (SSSR count). The van der Waals surface area contributed by atoms with Crippen molar-refractivity contribution in [3.05, 3.63) is 42.7 Å². The van der Waals surface area contributed by atoms with Crippen molar-refractivity contribution in [2.45, 2.75) is 4.90 Å². The fourth-order valence-electron chi connectivity index (χ4n) is 3.13. The summed E-state index contributed by atoms with van der Waals surface area (Å²) in [6.45, 7) is 2.50. The van der Waals surface area contributed by atoms with E-state index in [9.17, 15) is 8.42 Å². The van der Waals surface area contributed by atoms with Crippen molar-refractivity contribution in [1.29, 1.82) is 0 Å². The van der Waals surface area contributed by atoms with Crippen molar-refractivity contribution in [2.75, 3.05) is 51.0 Å². The molecule has 0 spiro atoms. The fourth-order valence-corrected chi connectivity index (χ4v) is 4.08. The lowest BCUT2D eigenvalue weighted by Gasteiger charge is -2.27. The van der Waals surface area contributed by atoms with Gasteiger partial charge in [-0.25, -0.2) is 32.7 Å². The van der Waals surface area contributed by atoms with Gasteiger partial charge in [-0.3, -0.25) is 0 Å². The largest absolute Gasteiger partial charge is 0.378 e. The Morgan fingerprint density at radius 1 is 1.00 bits per heavy atom. The molecule has 11 heteroatoms. The van der Waals surface area contributed by atoms with Gasteiger partial charge in [0.25, 0.3) is 0 Å². The highest BCUT2D eigenvalue weighted by atomic mass is 32.2. The Labute approximate surface area is 180 Å². The summed E-state index contributed by atoms with van der Waals surface area (Å²) in [5.74, 6) is 0.710. The second kappa shape index (κ2) is 8.53. The first-order chi connectivity index (χ1) is 14.8. The molecule has 1 aromatic carbocycles. The van der Waals surface area contributed by atoms with Gasteiger partial charge in [0.15, 0.2) is 0 Å². The number of ether oxygens (including phenoxy) is 1. The molecule has 162 valence electrons. The number of nitrogen functional groups attached to an aromatic ring is 1. The maximum atomic E-state index is 12.6. The third-order valence-electron chi connectivity index (χ3n) is 4.88. The van der Waals surface area contributed by atoms with Gasteiger partial charge in [0.05, 0.1) is 29.5 Å². The smallest absolute Gasteiger partial charge is 0.242 e. The molecule has 0 atom stereocenters. The van der Waals surface area contributed by atoms with Crippen molar-refractivity contribution in [1.82, 2.24) is 24.2 Å². The van der Waals surface area contributed by atoms with Crippen LogP contribution in [0.3, 0.4) is 0 Å². The zero-order valence-corrected chi connectivity index (χ0v) is 18.1. The van der Waals surface area contributed by atoms with Crippen molar-refractivity contribution >= 4 is 21.9 Å². The number of sulfonamides is 1. The minimum absolute atomic E-state index is 0.174. The van der Waals surface area contributed by atoms with E-state index in [2.05, 4.69) is 9.97 Å². The van der Waals surface area contributed by atoms with E-state index in [1.807, 2.05) is 11.0 Å². The summed E-state index contributed by atoms with van der Waals surface area (Å²) in [4.78, 5) is 19.8. The fraction of sp³-hybridized carbons (Fsp3) is 0.300. The zero-order valence-electron chi connectivity index (χ0n) is 17.3. The molecule has 3 aromatic rings. The SMILES string of the molecule is CN(C)S(=O)(=O)c1cccc(-c2cc(-c3cnc(N)nc3)nc(N3CCOCC3)n2)c1. The molecular weight excluding hydrogens is 418 g/mol. The van der Waals surface area contributed by atoms with E-state index < -0.39 is 10.0 Å². The second-order valence-corrected chi connectivity index (χ2v) is 9.33. The number of rotatable bonds is 5. The molecular formula is C20H23N7O3S. The van der Waals surface area contributed by atoms with E-state index >= 15 is 0 Å². The number of benzene rings is 1. The van der Waals surface area contributed by atoms with Gasteiger partial charge in [-0.2, -0.15) is 0 Å². The van der Waals surface area contributed by atoms with Gasteiger partial charge >= 0.3 is 0 Å². The first-order valence-electron chi connectivity index (χ1n) is 9.67. The van der Waals surface area contributed by atoms with E-state index in [1.54, 1.807) is 36.7 Å². The molecule has 1 saturated heterocycles. The predicted octanol–water partition coefficient (Wildman–Crippen LogP) is 1.27. The lowest BCUT2D eigenvalue weighted by molar-refractivity contribution is 0.122. The van der Waals surface area contributed by atoms with Gasteiger partial charge < -0.3 is 15.4 Å². The topological polar surface area (TPSA) is 127 Å². The van der Waals surface area contributed by atoms with Crippen molar-refractivity contribution in [3.63, 3.8) is 0 Å². The minimum Gasteiger partial charge on any atom is -0.378 e. The standard InChI is InChI=1S/C20H23N7O3S/c1-26(2)31(28,29)16-5-3-4-14(10-16)17-11-18(15-12-22-19(21)23-13-15)25-20(24-17)27-6-8-30-9-7-27/h3-5,10-13H,6-9H2,1-2H3,(H2,21,22,23). The molecule has 0 amide bonds. The molecule has 0 radical (unpaired) electrons. The van der Waals surface area contributed by atoms with E-state index in [0.717, 1.165) is 0 Å². The van der Waals surface area contributed by atoms with Crippen LogP contribution in [-0.2, 0) is 14.8 Å². The minimum atomic E-state index is -3.58. The molecule has 3 heterocycles. The quantitative estimate of drug-likeness (QED) is 0.622. The van der Waals surface area contributed by atoms with Gasteiger partial charge in [0.1, 0.15) is 0 Å². The highest BCUT2D eigenvalue weighted by molar-refractivity contribution is 7.89. The van der Waals surface area contributed by atoms with E-state index in [-0.39, 0.29) is 10.8 Å². The molecule has 2 N–H and O–H groups in total. The number of nitrogens with zero attached hydrogens (tertiary/aromatic N) is 6. The Bertz CT molecular complexity index is 1180. The Hall–Kier alpha value is -3.15. The van der Waals surface area contributed by atoms with Crippen LogP contribution in [0.15, 0.2) is 47.6 Å². The third-order valence-corrected chi connectivity index (χ3v) is 6.70. The van der Waals surface area contributed by atoms with Gasteiger partial charge in [0.2, 0.25) is 21.9 Å². The van der Waals surface area contributed by atoms with Gasteiger partial charge in [-0.15, -0.1) is 0 Å². The Morgan fingerprint density at radius 2 is 1.65 bits per heavy atom. The molecule has 0 unspecified atom stereocenters. The van der Waals surface area contributed by atoms with Gasteiger partial charge in [-0.05, 0) is 18.2 Å². The first-order valence-corrected chi connectivity index (χ1v) is 11.1. The maximum Gasteiger partial charge on any atom is 0.242 e. The summed E-state index contributed by atoms with van der Waals surface area (Å²) in [6, 6.07) is 8.50. The van der Waals surface area contributed by atoms with Crippen LogP contribution < -0.4 is 10.6 Å². The summed E-state index contributed by atoms with van der Waals surface area (Å²) in [5.41, 5.74) is 8.18. The maximum absolute atomic E-state index is 12.6. The third kappa shape index (κ3) is 4.48. The molecule has 1 aliphatic rings. The van der Waals surface area contributed by atoms with E-state index in [1.165, 1.54) is 18.4 Å². The molecule has 0 aliphatic carbocycles. The number of morpholine rings is 1. The number of nitrogens with two attached hydrogens (primary N) is 1. The lowest BCUT2D eigenvalue weighted by atomic mass is 10.1. The number of hydrogen-bond acceptors (Lipinski definition) is 9. The average molecular weight is 442 g/mol. The van der Waals surface area contributed by atoms with Crippen LogP contribution in [0, 0.1) is 0 Å². The molecule has 0 bridgehead atoms. The predicted molar refractivity (Wildman–Crippen MR) is 117 cm³/mol. The Morgan fingerprint density at radius 3 is 2.29 bits per heavy atom. The average Bonchev–Trinajstić information content (AvgIpc) is 2.80. The van der Waals surface area contributed by atoms with Gasteiger partial charge in [0, 0.05) is 50.7 Å². The van der Waals surface area contributed by atoms with Crippen LogP contribution in [0.25, 0.3) is 22.5 Å². The molecule has 31 heavy (non-hydrogen) atoms. The highest BCUT2D eigenvalue weighted by Crippen LogP contribution is 2.28. The molecule has 10 nitrogen and oxygen atoms in total. The first kappa shape index (κ1) is 21.1. The number of hydrogen-bond donors (Lipinski definition) is 1. The van der Waals surface area contributed by atoms with Crippen LogP contribution in [0.1, 0.15) is 0 Å². The van der Waals surface area contributed by atoms with Gasteiger partial charge in [-0.1, -0.05) is 12.1 Å². The summed E-state index contributed by atoms with van der Waals surface area (Å²) < 4.78 is 31.8. The lowest BCUT2D eigenvalue weighted by Crippen LogP contribution is -2.37. The normalized spacial score (nSPS) is 14.7. The monoisotopic (exact) mass is 441 g/mol. The number of anilines is 2. The Kier molecular flexibility index (Phi) is 5.81. The summed E-state index contributed by atoms with van der Waals surface area (Å²) in [5, 5.41) is 0. The molecule has 1 aliphatic heterocycles. The molecule has 0 saturated carbocycles. The van der Waals surface area contributed by atoms with Crippen molar-refractivity contribution < 1.29 is 13.2 Å². The van der Waals surface area contributed by atoms with Crippen molar-refractivity contribution in [3.8, 4) is 22.5 Å². The van der Waals surface area contributed by atoms with E-state index in [4.69, 9.17) is 20.4 Å². The highest BCUT2D eigenvalue weighted by Gasteiger charge is 2.20. The summed E-state index contributed by atoms with van der Waals surface area (Å²) >= 11 is 0. The zero-order chi connectivity index (χ0) is 22.0. The molecule has 2 aromatic heterocycles. The van der Waals surface area contributed by atoms with Crippen LogP contribution in [0.2, 0.25) is 0 Å². The summed E-state index contributed by atoms with van der Waals surface area (Å²) in [6.07, 6.45) is 3.20. The second-order valence-electron chi connectivity index (χ2n) is 7.18.